The van der Waals surface area contributed by atoms with Gasteiger partial charge in [-0.15, -0.1) is 0 Å². The highest BCUT2D eigenvalue weighted by molar-refractivity contribution is 5.88. The molecule has 144 valence electrons. The Morgan fingerprint density at radius 3 is 2.57 bits per heavy atom. The van der Waals surface area contributed by atoms with Crippen molar-refractivity contribution in [3.8, 4) is 11.3 Å². The second-order valence-corrected chi connectivity index (χ2v) is 7.12. The van der Waals surface area contributed by atoms with Gasteiger partial charge in [-0.3, -0.25) is 14.5 Å². The lowest BCUT2D eigenvalue weighted by atomic mass is 9.73. The van der Waals surface area contributed by atoms with Crippen molar-refractivity contribution < 1.29 is 9.53 Å². The van der Waals surface area contributed by atoms with Crippen LogP contribution in [0.5, 0.6) is 0 Å². The molecule has 0 unspecified atom stereocenters. The molecule has 1 amide bonds. The fourth-order valence-electron chi connectivity index (χ4n) is 3.87. The summed E-state index contributed by atoms with van der Waals surface area (Å²) in [6, 6.07) is 15.9. The van der Waals surface area contributed by atoms with Crippen LogP contribution in [0.4, 0.5) is 0 Å². The van der Waals surface area contributed by atoms with Crippen LogP contribution in [-0.4, -0.2) is 33.9 Å². The number of pyridine rings is 1. The Morgan fingerprint density at radius 1 is 1.14 bits per heavy atom. The van der Waals surface area contributed by atoms with E-state index in [1.807, 2.05) is 60.3 Å². The fraction of sp³-hybridized carbons (Fsp3) is 0.318. The van der Waals surface area contributed by atoms with Gasteiger partial charge >= 0.3 is 0 Å². The number of nitrogens with zero attached hydrogens (tertiary/aromatic N) is 3. The van der Waals surface area contributed by atoms with E-state index >= 15 is 0 Å². The molecule has 3 aromatic rings. The second kappa shape index (κ2) is 7.94. The lowest BCUT2D eigenvalue weighted by molar-refractivity contribution is -0.130. The van der Waals surface area contributed by atoms with Gasteiger partial charge in [0, 0.05) is 38.2 Å². The fourth-order valence-corrected chi connectivity index (χ4v) is 3.87. The summed E-state index contributed by atoms with van der Waals surface area (Å²) in [4.78, 5) is 17.3. The first-order valence-corrected chi connectivity index (χ1v) is 9.54. The highest BCUT2D eigenvalue weighted by Gasteiger charge is 2.41. The first-order chi connectivity index (χ1) is 13.7. The Bertz CT molecular complexity index is 932. The maximum atomic E-state index is 13.2. The van der Waals surface area contributed by atoms with Crippen molar-refractivity contribution in [2.75, 3.05) is 13.2 Å². The van der Waals surface area contributed by atoms with Gasteiger partial charge in [0.25, 0.3) is 0 Å². The Morgan fingerprint density at radius 2 is 1.86 bits per heavy atom. The van der Waals surface area contributed by atoms with Crippen molar-refractivity contribution in [2.45, 2.75) is 24.8 Å². The Kier molecular flexibility index (Phi) is 5.21. The average molecular weight is 376 g/mol. The second-order valence-electron chi connectivity index (χ2n) is 7.12. The molecular formula is C22H24N4O2. The molecule has 0 saturated carbocycles. The maximum absolute atomic E-state index is 13.2. The molecule has 0 spiro atoms. The number of nitrogens with one attached hydrogen (secondary N) is 1. The van der Waals surface area contributed by atoms with Gasteiger partial charge in [-0.1, -0.05) is 30.3 Å². The Labute approximate surface area is 164 Å². The van der Waals surface area contributed by atoms with E-state index in [-0.39, 0.29) is 5.91 Å². The molecule has 4 rings (SSSR count). The standard InChI is InChI=1S/C22H24N4O2/c1-26-20(17-7-11-23-12-8-17)15-19(25-26)16-24-21(27)22(9-13-28-14-10-22)18-5-3-2-4-6-18/h2-8,11-12,15H,9-10,13-14,16H2,1H3,(H,24,27). The molecule has 1 aromatic carbocycles. The van der Waals surface area contributed by atoms with Crippen molar-refractivity contribution in [3.63, 3.8) is 0 Å². The number of amides is 1. The first-order valence-electron chi connectivity index (χ1n) is 9.54. The molecule has 28 heavy (non-hydrogen) atoms. The van der Waals surface area contributed by atoms with Gasteiger partial charge in [-0.05, 0) is 36.6 Å². The molecule has 0 atom stereocenters. The molecular weight excluding hydrogens is 352 g/mol. The summed E-state index contributed by atoms with van der Waals surface area (Å²) in [5.41, 5.74) is 3.39. The molecule has 1 saturated heterocycles. The van der Waals surface area contributed by atoms with Crippen molar-refractivity contribution in [2.24, 2.45) is 7.05 Å². The van der Waals surface area contributed by atoms with Crippen LogP contribution in [0.2, 0.25) is 0 Å². The summed E-state index contributed by atoms with van der Waals surface area (Å²) in [7, 11) is 1.91. The third-order valence-corrected chi connectivity index (χ3v) is 5.44. The van der Waals surface area contributed by atoms with Gasteiger partial charge < -0.3 is 10.1 Å². The molecule has 0 aliphatic carbocycles. The number of carbonyl (C=O) groups excluding carboxylic acids is 1. The predicted molar refractivity (Wildman–Crippen MR) is 106 cm³/mol. The summed E-state index contributed by atoms with van der Waals surface area (Å²) in [6.07, 6.45) is 4.90. The van der Waals surface area contributed by atoms with Crippen LogP contribution in [0, 0.1) is 0 Å². The molecule has 0 bridgehead atoms. The minimum Gasteiger partial charge on any atom is -0.381 e. The summed E-state index contributed by atoms with van der Waals surface area (Å²) in [5.74, 6) is 0.0399. The number of carbonyl (C=O) groups is 1. The lowest BCUT2D eigenvalue weighted by Crippen LogP contribution is -2.47. The molecule has 1 N–H and O–H groups in total. The van der Waals surface area contributed by atoms with Crippen molar-refractivity contribution in [1.29, 1.82) is 0 Å². The van der Waals surface area contributed by atoms with Crippen LogP contribution in [0.15, 0.2) is 60.9 Å². The summed E-state index contributed by atoms with van der Waals surface area (Å²) in [5, 5.41) is 7.67. The number of benzene rings is 1. The smallest absolute Gasteiger partial charge is 0.231 e. The van der Waals surface area contributed by atoms with Crippen molar-refractivity contribution >= 4 is 5.91 Å². The number of aryl methyl sites for hydroxylation is 1. The zero-order chi connectivity index (χ0) is 19.4. The molecule has 1 aliphatic heterocycles. The van der Waals surface area contributed by atoms with E-state index in [2.05, 4.69) is 15.4 Å². The number of rotatable bonds is 5. The maximum Gasteiger partial charge on any atom is 0.231 e. The largest absolute Gasteiger partial charge is 0.381 e. The van der Waals surface area contributed by atoms with Gasteiger partial charge in [-0.2, -0.15) is 5.10 Å². The number of aromatic nitrogens is 3. The van der Waals surface area contributed by atoms with E-state index < -0.39 is 5.41 Å². The highest BCUT2D eigenvalue weighted by Crippen LogP contribution is 2.35. The monoisotopic (exact) mass is 376 g/mol. The third kappa shape index (κ3) is 3.55. The quantitative estimate of drug-likeness (QED) is 0.743. The van der Waals surface area contributed by atoms with Gasteiger partial charge in [0.15, 0.2) is 0 Å². The molecule has 0 radical (unpaired) electrons. The van der Waals surface area contributed by atoms with Crippen LogP contribution in [0.3, 0.4) is 0 Å². The Hall–Kier alpha value is -2.99. The predicted octanol–water partition coefficient (Wildman–Crippen LogP) is 2.85. The van der Waals surface area contributed by atoms with E-state index in [1.165, 1.54) is 0 Å². The van der Waals surface area contributed by atoms with E-state index in [0.29, 0.717) is 32.6 Å². The minimum absolute atomic E-state index is 0.0399. The zero-order valence-corrected chi connectivity index (χ0v) is 16.0. The molecule has 6 nitrogen and oxygen atoms in total. The number of ether oxygens (including phenoxy) is 1. The molecule has 1 fully saturated rings. The number of hydrogen-bond donors (Lipinski definition) is 1. The zero-order valence-electron chi connectivity index (χ0n) is 16.0. The summed E-state index contributed by atoms with van der Waals surface area (Å²) < 4.78 is 7.36. The van der Waals surface area contributed by atoms with Crippen molar-refractivity contribution in [3.05, 3.63) is 72.2 Å². The van der Waals surface area contributed by atoms with Gasteiger partial charge in [-0.25, -0.2) is 0 Å². The molecule has 2 aromatic heterocycles. The highest BCUT2D eigenvalue weighted by atomic mass is 16.5. The lowest BCUT2D eigenvalue weighted by Gasteiger charge is -2.36. The van der Waals surface area contributed by atoms with E-state index in [0.717, 1.165) is 22.5 Å². The minimum atomic E-state index is -0.539. The topological polar surface area (TPSA) is 69.0 Å². The van der Waals surface area contributed by atoms with Crippen LogP contribution >= 0.6 is 0 Å². The van der Waals surface area contributed by atoms with Gasteiger partial charge in [0.1, 0.15) is 0 Å². The average Bonchev–Trinajstić information content (AvgIpc) is 3.14. The van der Waals surface area contributed by atoms with Crippen LogP contribution in [0.25, 0.3) is 11.3 Å². The normalized spacial score (nSPS) is 15.9. The summed E-state index contributed by atoms with van der Waals surface area (Å²) in [6.45, 7) is 1.59. The third-order valence-electron chi connectivity index (χ3n) is 5.44. The Balaban J connectivity index is 1.52. The van der Waals surface area contributed by atoms with Crippen molar-refractivity contribution in [1.82, 2.24) is 20.1 Å². The number of hydrogen-bond acceptors (Lipinski definition) is 4. The SMILES string of the molecule is Cn1nc(CNC(=O)C2(c3ccccc3)CCOCC2)cc1-c1ccncc1. The summed E-state index contributed by atoms with van der Waals surface area (Å²) >= 11 is 0. The van der Waals surface area contributed by atoms with Crippen LogP contribution in [-0.2, 0) is 28.5 Å². The van der Waals surface area contributed by atoms with E-state index in [1.54, 1.807) is 12.4 Å². The molecule has 1 aliphatic rings. The van der Waals surface area contributed by atoms with Crippen LogP contribution in [0.1, 0.15) is 24.1 Å². The van der Waals surface area contributed by atoms with Crippen LogP contribution < -0.4 is 5.32 Å². The molecule has 3 heterocycles. The van der Waals surface area contributed by atoms with E-state index in [9.17, 15) is 4.79 Å². The van der Waals surface area contributed by atoms with Gasteiger partial charge in [0.05, 0.1) is 23.3 Å². The first kappa shape index (κ1) is 18.4. The molecule has 6 heteroatoms. The van der Waals surface area contributed by atoms with E-state index in [4.69, 9.17) is 4.74 Å². The van der Waals surface area contributed by atoms with Gasteiger partial charge in [0.2, 0.25) is 5.91 Å².